The molecular weight excluding hydrogens is 164 g/mol. The first-order valence-corrected chi connectivity index (χ1v) is 3.94. The Kier molecular flexibility index (Phi) is 2.43. The number of carbonyl (C=O) groups excluding carboxylic acids is 1. The average Bonchev–Trinajstić information content (AvgIpc) is 2.36. The van der Waals surface area contributed by atoms with E-state index in [0.717, 1.165) is 11.3 Å². The quantitative estimate of drug-likeness (QED) is 0.673. The maximum atomic E-state index is 10.9. The molecule has 0 aliphatic rings. The van der Waals surface area contributed by atoms with E-state index in [1.165, 1.54) is 6.20 Å². The van der Waals surface area contributed by atoms with Crippen molar-refractivity contribution >= 4 is 22.3 Å². The molecule has 0 unspecified atom stereocenters. The van der Waals surface area contributed by atoms with Crippen molar-refractivity contribution in [3.63, 3.8) is 0 Å². The molecule has 0 saturated heterocycles. The van der Waals surface area contributed by atoms with Crippen LogP contribution in [0.2, 0.25) is 0 Å². The van der Waals surface area contributed by atoms with Gasteiger partial charge in [0.15, 0.2) is 0 Å². The summed E-state index contributed by atoms with van der Waals surface area (Å²) in [6, 6.07) is 0. The molecule has 0 aromatic carbocycles. The van der Waals surface area contributed by atoms with E-state index < -0.39 is 5.97 Å². The minimum absolute atomic E-state index is 0.310. The summed E-state index contributed by atoms with van der Waals surface area (Å²) >= 11 is 1.13. The molecule has 0 aliphatic heterocycles. The smallest absolute Gasteiger partial charge is 0.367 e. The Morgan fingerprint density at radius 2 is 2.64 bits per heavy atom. The number of carbonyl (C=O) groups is 1. The van der Waals surface area contributed by atoms with Gasteiger partial charge in [-0.1, -0.05) is 11.3 Å². The van der Waals surface area contributed by atoms with Gasteiger partial charge in [-0.2, -0.15) is 0 Å². The highest BCUT2D eigenvalue weighted by Gasteiger charge is 2.09. The summed E-state index contributed by atoms with van der Waals surface area (Å²) in [6.07, 6.45) is 1.44. The number of aromatic nitrogens is 1. The zero-order valence-corrected chi connectivity index (χ0v) is 6.85. The second kappa shape index (κ2) is 3.34. The summed E-state index contributed by atoms with van der Waals surface area (Å²) in [5.41, 5.74) is 5.36. The highest BCUT2D eigenvalue weighted by atomic mass is 32.1. The van der Waals surface area contributed by atoms with E-state index in [1.54, 1.807) is 6.92 Å². The number of nitrogens with two attached hydrogens (primary N) is 1. The Hall–Kier alpha value is -1.10. The van der Waals surface area contributed by atoms with Crippen molar-refractivity contribution in [2.24, 2.45) is 0 Å². The molecule has 0 spiro atoms. The first-order valence-electron chi connectivity index (χ1n) is 3.12. The van der Waals surface area contributed by atoms with E-state index in [0.29, 0.717) is 16.6 Å². The largest absolute Gasteiger partial charge is 0.461 e. The molecule has 1 rings (SSSR count). The standard InChI is InChI=1S/C6H8N2O2S/c1-2-10-6(9)5-8-3-4(7)11-5/h3H,2,7H2,1H3. The van der Waals surface area contributed by atoms with Crippen LogP contribution >= 0.6 is 11.3 Å². The van der Waals surface area contributed by atoms with Gasteiger partial charge in [0, 0.05) is 0 Å². The summed E-state index contributed by atoms with van der Waals surface area (Å²) in [6.45, 7) is 2.10. The molecular formula is C6H8N2O2S. The lowest BCUT2D eigenvalue weighted by Crippen LogP contribution is -2.03. The number of hydrogen-bond donors (Lipinski definition) is 1. The van der Waals surface area contributed by atoms with Crippen molar-refractivity contribution in [2.45, 2.75) is 6.92 Å². The van der Waals surface area contributed by atoms with Crippen LogP contribution in [0.3, 0.4) is 0 Å². The van der Waals surface area contributed by atoms with Gasteiger partial charge in [0.25, 0.3) is 0 Å². The number of hydrogen-bond acceptors (Lipinski definition) is 5. The fourth-order valence-corrected chi connectivity index (χ4v) is 1.15. The topological polar surface area (TPSA) is 65.2 Å². The van der Waals surface area contributed by atoms with Crippen molar-refractivity contribution in [1.29, 1.82) is 0 Å². The van der Waals surface area contributed by atoms with Gasteiger partial charge in [-0.15, -0.1) is 0 Å². The Balaban J connectivity index is 2.69. The van der Waals surface area contributed by atoms with Crippen LogP contribution in [0.5, 0.6) is 0 Å². The number of rotatable bonds is 2. The third-order valence-corrected chi connectivity index (χ3v) is 1.78. The molecule has 1 aromatic heterocycles. The Bertz CT molecular complexity index is 259. The number of thiazole rings is 1. The normalized spacial score (nSPS) is 9.55. The van der Waals surface area contributed by atoms with Crippen LogP contribution in [0.25, 0.3) is 0 Å². The van der Waals surface area contributed by atoms with E-state index in [1.807, 2.05) is 0 Å². The zero-order valence-electron chi connectivity index (χ0n) is 6.03. The molecule has 0 bridgehead atoms. The monoisotopic (exact) mass is 172 g/mol. The summed E-state index contributed by atoms with van der Waals surface area (Å²) in [7, 11) is 0. The molecule has 5 heteroatoms. The summed E-state index contributed by atoms with van der Waals surface area (Å²) in [4.78, 5) is 14.7. The third-order valence-electron chi connectivity index (χ3n) is 0.974. The van der Waals surface area contributed by atoms with Crippen molar-refractivity contribution in [2.75, 3.05) is 12.3 Å². The average molecular weight is 172 g/mol. The van der Waals surface area contributed by atoms with Gasteiger partial charge in [-0.3, -0.25) is 0 Å². The van der Waals surface area contributed by atoms with Gasteiger partial charge in [-0.05, 0) is 6.92 Å². The van der Waals surface area contributed by atoms with Crippen LogP contribution in [0.4, 0.5) is 5.00 Å². The lowest BCUT2D eigenvalue weighted by molar-refractivity contribution is 0.0526. The highest BCUT2D eigenvalue weighted by molar-refractivity contribution is 7.17. The Morgan fingerprint density at radius 1 is 1.91 bits per heavy atom. The minimum Gasteiger partial charge on any atom is -0.461 e. The molecule has 1 aromatic rings. The number of ether oxygens (including phenoxy) is 1. The van der Waals surface area contributed by atoms with E-state index in [2.05, 4.69) is 4.98 Å². The van der Waals surface area contributed by atoms with Crippen LogP contribution in [0.1, 0.15) is 16.7 Å². The van der Waals surface area contributed by atoms with Gasteiger partial charge in [-0.25, -0.2) is 9.78 Å². The number of nitrogen functional groups attached to an aromatic ring is 1. The molecule has 11 heavy (non-hydrogen) atoms. The number of esters is 1. The molecule has 0 fully saturated rings. The molecule has 60 valence electrons. The minimum atomic E-state index is -0.408. The van der Waals surface area contributed by atoms with E-state index >= 15 is 0 Å². The molecule has 4 nitrogen and oxygen atoms in total. The van der Waals surface area contributed by atoms with Crippen molar-refractivity contribution in [3.8, 4) is 0 Å². The molecule has 0 atom stereocenters. The summed E-state index contributed by atoms with van der Waals surface area (Å²) in [5, 5.41) is 0.831. The van der Waals surface area contributed by atoms with Crippen molar-refractivity contribution < 1.29 is 9.53 Å². The van der Waals surface area contributed by atoms with E-state index in [9.17, 15) is 4.79 Å². The number of nitrogens with zero attached hydrogens (tertiary/aromatic N) is 1. The molecule has 0 amide bonds. The molecule has 2 N–H and O–H groups in total. The van der Waals surface area contributed by atoms with E-state index in [4.69, 9.17) is 10.5 Å². The van der Waals surface area contributed by atoms with E-state index in [-0.39, 0.29) is 0 Å². The Morgan fingerprint density at radius 3 is 3.09 bits per heavy atom. The van der Waals surface area contributed by atoms with Gasteiger partial charge in [0.05, 0.1) is 12.8 Å². The first kappa shape index (κ1) is 8.00. The molecule has 0 saturated carbocycles. The molecule has 0 radical (unpaired) electrons. The van der Waals surface area contributed by atoms with Gasteiger partial charge >= 0.3 is 5.97 Å². The fourth-order valence-electron chi connectivity index (χ4n) is 0.574. The maximum Gasteiger partial charge on any atom is 0.367 e. The predicted molar refractivity (Wildman–Crippen MR) is 42.5 cm³/mol. The van der Waals surface area contributed by atoms with Crippen LogP contribution in [-0.2, 0) is 4.74 Å². The fraction of sp³-hybridized carbons (Fsp3) is 0.333. The van der Waals surface area contributed by atoms with Gasteiger partial charge in [0.1, 0.15) is 5.00 Å². The lowest BCUT2D eigenvalue weighted by atomic mass is 10.7. The van der Waals surface area contributed by atoms with Crippen molar-refractivity contribution in [3.05, 3.63) is 11.2 Å². The Labute approximate surface area is 68.0 Å². The summed E-state index contributed by atoms with van der Waals surface area (Å²) < 4.78 is 4.69. The van der Waals surface area contributed by atoms with Crippen LogP contribution in [0, 0.1) is 0 Å². The second-order valence-electron chi connectivity index (χ2n) is 1.79. The lowest BCUT2D eigenvalue weighted by Gasteiger charge is -1.94. The third kappa shape index (κ3) is 1.91. The highest BCUT2D eigenvalue weighted by Crippen LogP contribution is 2.14. The van der Waals surface area contributed by atoms with Gasteiger partial charge in [0.2, 0.25) is 5.01 Å². The first-order chi connectivity index (χ1) is 5.24. The molecule has 0 aliphatic carbocycles. The van der Waals surface area contributed by atoms with Crippen LogP contribution in [0.15, 0.2) is 6.20 Å². The molecule has 1 heterocycles. The predicted octanol–water partition coefficient (Wildman–Crippen LogP) is 0.902. The zero-order chi connectivity index (χ0) is 8.27. The maximum absolute atomic E-state index is 10.9. The summed E-state index contributed by atoms with van der Waals surface area (Å²) in [5.74, 6) is -0.408. The second-order valence-corrected chi connectivity index (χ2v) is 2.85. The SMILES string of the molecule is CCOC(=O)c1ncc(N)s1. The van der Waals surface area contributed by atoms with Crippen molar-refractivity contribution in [1.82, 2.24) is 4.98 Å². The van der Waals surface area contributed by atoms with Gasteiger partial charge < -0.3 is 10.5 Å². The number of anilines is 1. The van der Waals surface area contributed by atoms with Crippen LogP contribution in [-0.4, -0.2) is 17.6 Å². The van der Waals surface area contributed by atoms with Crippen LogP contribution < -0.4 is 5.73 Å².